The topological polar surface area (TPSA) is 107 Å². The Balaban J connectivity index is 2.14. The van der Waals surface area contributed by atoms with Crippen molar-refractivity contribution in [1.29, 1.82) is 0 Å². The Morgan fingerprint density at radius 1 is 0.422 bits per heavy atom. The van der Waals surface area contributed by atoms with Crippen LogP contribution in [-0.2, 0) is 19.6 Å². The van der Waals surface area contributed by atoms with E-state index in [-0.39, 0.29) is 18.8 Å². The number of unbranched alkanes of at least 4 members (excludes halogenated alkanes) is 36. The highest BCUT2D eigenvalue weighted by Gasteiger charge is 2.28. The molecule has 1 aromatic carbocycles. The summed E-state index contributed by atoms with van der Waals surface area (Å²) in [7, 11) is -4.78. The van der Waals surface area contributed by atoms with Crippen molar-refractivity contribution in [2.24, 2.45) is 0 Å². The minimum absolute atomic E-state index is 0.0986. The molecule has 0 fully saturated rings. The number of esters is 2. The van der Waals surface area contributed by atoms with Gasteiger partial charge in [0.2, 0.25) is 0 Å². The second-order valence-electron chi connectivity index (χ2n) is 18.5. The zero-order chi connectivity index (χ0) is 46.4. The highest BCUT2D eigenvalue weighted by atomic mass is 32.2. The zero-order valence-corrected chi connectivity index (χ0v) is 42.4. The van der Waals surface area contributed by atoms with Crippen LogP contribution >= 0.6 is 0 Å². The molecule has 0 saturated carbocycles. The molecule has 1 rings (SSSR count). The van der Waals surface area contributed by atoms with Crippen molar-refractivity contribution in [3.63, 3.8) is 0 Å². The van der Waals surface area contributed by atoms with E-state index in [0.717, 1.165) is 70.3 Å². The van der Waals surface area contributed by atoms with Crippen molar-refractivity contribution in [2.45, 2.75) is 276 Å². The normalized spacial score (nSPS) is 11.9. The van der Waals surface area contributed by atoms with Crippen molar-refractivity contribution in [3.05, 3.63) is 53.6 Å². The van der Waals surface area contributed by atoms with Crippen LogP contribution in [0.3, 0.4) is 0 Å². The van der Waals surface area contributed by atoms with Crippen LogP contribution < -0.4 is 0 Å². The van der Waals surface area contributed by atoms with E-state index in [0.29, 0.717) is 12.8 Å². The van der Waals surface area contributed by atoms with E-state index in [4.69, 9.17) is 9.47 Å². The molecule has 8 heteroatoms. The Bertz CT molecular complexity index is 1400. The molecule has 7 nitrogen and oxygen atoms in total. The van der Waals surface area contributed by atoms with Gasteiger partial charge in [-0.2, -0.15) is 8.42 Å². The van der Waals surface area contributed by atoms with Crippen LogP contribution in [0.5, 0.6) is 0 Å². The van der Waals surface area contributed by atoms with E-state index in [9.17, 15) is 22.6 Å². The van der Waals surface area contributed by atoms with E-state index >= 15 is 0 Å². The average molecular weight is 915 g/mol. The van der Waals surface area contributed by atoms with Crippen LogP contribution in [-0.4, -0.2) is 38.1 Å². The Labute approximate surface area is 394 Å². The largest absolute Gasteiger partial charge is 0.462 e. The van der Waals surface area contributed by atoms with Gasteiger partial charge in [0.15, 0.2) is 0 Å². The van der Waals surface area contributed by atoms with E-state index in [1.165, 1.54) is 192 Å². The molecule has 0 amide bonds. The summed E-state index contributed by atoms with van der Waals surface area (Å²) in [4.78, 5) is 25.5. The third-order valence-electron chi connectivity index (χ3n) is 12.5. The first-order chi connectivity index (χ1) is 31.3. The first-order valence-electron chi connectivity index (χ1n) is 27.1. The Hall–Kier alpha value is -2.45. The maximum atomic E-state index is 13.1. The smallest absolute Gasteiger partial charge is 0.340 e. The number of allylic oxidation sites excluding steroid dienone is 4. The maximum absolute atomic E-state index is 13.1. The molecule has 0 atom stereocenters. The number of hydrogen-bond acceptors (Lipinski definition) is 6. The van der Waals surface area contributed by atoms with Gasteiger partial charge in [0, 0.05) is 0 Å². The summed E-state index contributed by atoms with van der Waals surface area (Å²) in [6.07, 6.45) is 59.4. The molecule has 0 aliphatic heterocycles. The van der Waals surface area contributed by atoms with E-state index in [1.54, 1.807) is 0 Å². The summed E-state index contributed by atoms with van der Waals surface area (Å²) in [5, 5.41) is 0. The maximum Gasteiger partial charge on any atom is 0.340 e. The molecule has 0 aliphatic carbocycles. The number of carbonyl (C=O) groups excluding carboxylic acids is 2. The first kappa shape index (κ1) is 59.6. The Morgan fingerprint density at radius 3 is 1.02 bits per heavy atom. The molecule has 0 unspecified atom stereocenters. The predicted molar refractivity (Wildman–Crippen MR) is 271 cm³/mol. The van der Waals surface area contributed by atoms with Gasteiger partial charge in [0.05, 0.1) is 24.3 Å². The monoisotopic (exact) mass is 915 g/mol. The minimum Gasteiger partial charge on any atom is -0.462 e. The quantitative estimate of drug-likeness (QED) is 0.0300. The van der Waals surface area contributed by atoms with Crippen LogP contribution in [0.1, 0.15) is 291 Å². The molecule has 370 valence electrons. The lowest BCUT2D eigenvalue weighted by Crippen LogP contribution is -2.19. The van der Waals surface area contributed by atoms with Crippen LogP contribution in [0.25, 0.3) is 0 Å². The molecule has 0 radical (unpaired) electrons. The molecular weight excluding hydrogens is 817 g/mol. The van der Waals surface area contributed by atoms with Crippen LogP contribution in [0.2, 0.25) is 0 Å². The van der Waals surface area contributed by atoms with Gasteiger partial charge in [-0.3, -0.25) is 4.55 Å². The van der Waals surface area contributed by atoms with Gasteiger partial charge in [-0.25, -0.2) is 9.59 Å². The summed E-state index contributed by atoms with van der Waals surface area (Å²) in [5.41, 5.74) is -0.685. The van der Waals surface area contributed by atoms with Crippen molar-refractivity contribution in [2.75, 3.05) is 13.2 Å². The Morgan fingerprint density at radius 2 is 0.703 bits per heavy atom. The molecule has 0 saturated heterocycles. The second kappa shape index (κ2) is 44.4. The van der Waals surface area contributed by atoms with E-state index < -0.39 is 32.5 Å². The average Bonchev–Trinajstić information content (AvgIpc) is 3.28. The molecular formula is C56H98O7S. The van der Waals surface area contributed by atoms with Crippen molar-refractivity contribution < 1.29 is 32.0 Å². The highest BCUT2D eigenvalue weighted by Crippen LogP contribution is 2.23. The van der Waals surface area contributed by atoms with Gasteiger partial charge >= 0.3 is 11.9 Å². The number of hydrogen-bond donors (Lipinski definition) is 1. The standard InChI is InChI=1S/C56H98O7S/c1-3-5-7-9-11-13-15-17-19-21-23-25-27-29-31-33-35-37-39-41-43-45-50-62-55(57)52-48-47-49-53(64(59,60)61)54(52)56(58)63-51-46-44-42-40-38-36-34-32-30-28-26-24-22-20-18-16-14-12-10-8-6-4-2/h31-34,47-49H,3-30,35-46,50-51H2,1-2H3,(H,59,60,61)/b33-31+,34-32+. The van der Waals surface area contributed by atoms with Gasteiger partial charge < -0.3 is 9.47 Å². The van der Waals surface area contributed by atoms with Crippen molar-refractivity contribution >= 4 is 22.1 Å². The fraction of sp³-hybridized carbons (Fsp3) is 0.786. The minimum atomic E-state index is -4.78. The summed E-state index contributed by atoms with van der Waals surface area (Å²) < 4.78 is 45.0. The lowest BCUT2D eigenvalue weighted by molar-refractivity contribution is 0.0446. The van der Waals surface area contributed by atoms with Crippen LogP contribution in [0, 0.1) is 0 Å². The molecule has 0 aromatic heterocycles. The third-order valence-corrected chi connectivity index (χ3v) is 13.4. The van der Waals surface area contributed by atoms with Gasteiger partial charge in [-0.15, -0.1) is 0 Å². The summed E-state index contributed by atoms with van der Waals surface area (Å²) in [6, 6.07) is 3.76. The fourth-order valence-corrected chi connectivity index (χ4v) is 9.13. The number of benzene rings is 1. The number of carbonyl (C=O) groups is 2. The number of rotatable bonds is 47. The Kier molecular flexibility index (Phi) is 41.3. The molecule has 64 heavy (non-hydrogen) atoms. The molecule has 0 spiro atoms. The predicted octanol–water partition coefficient (Wildman–Crippen LogP) is 18.0. The number of ether oxygens (including phenoxy) is 2. The molecule has 0 heterocycles. The molecule has 1 N–H and O–H groups in total. The van der Waals surface area contributed by atoms with Crippen LogP contribution in [0.15, 0.2) is 47.4 Å². The second-order valence-corrected chi connectivity index (χ2v) is 19.9. The molecule has 0 bridgehead atoms. The van der Waals surface area contributed by atoms with Crippen LogP contribution in [0.4, 0.5) is 0 Å². The lowest BCUT2D eigenvalue weighted by atomic mass is 10.0. The fourth-order valence-electron chi connectivity index (χ4n) is 8.43. The van der Waals surface area contributed by atoms with Gasteiger partial charge in [0.1, 0.15) is 4.90 Å². The van der Waals surface area contributed by atoms with E-state index in [2.05, 4.69) is 38.2 Å². The van der Waals surface area contributed by atoms with Gasteiger partial charge in [0.25, 0.3) is 10.1 Å². The zero-order valence-electron chi connectivity index (χ0n) is 41.5. The third kappa shape index (κ3) is 35.8. The summed E-state index contributed by atoms with van der Waals surface area (Å²) >= 11 is 0. The highest BCUT2D eigenvalue weighted by molar-refractivity contribution is 7.86. The summed E-state index contributed by atoms with van der Waals surface area (Å²) in [6.45, 7) is 4.82. The van der Waals surface area contributed by atoms with Gasteiger partial charge in [-0.1, -0.05) is 237 Å². The van der Waals surface area contributed by atoms with Gasteiger partial charge in [-0.05, 0) is 76.3 Å². The van der Waals surface area contributed by atoms with Crippen molar-refractivity contribution in [3.8, 4) is 0 Å². The van der Waals surface area contributed by atoms with Crippen molar-refractivity contribution in [1.82, 2.24) is 0 Å². The molecule has 0 aliphatic rings. The summed E-state index contributed by atoms with van der Waals surface area (Å²) in [5.74, 6) is -1.75. The molecule has 1 aromatic rings. The SMILES string of the molecule is CCCCCCCCCCCCCCC/C=C/CCCCCCCOC(=O)c1cccc(S(=O)(=O)O)c1C(=O)OCCCCCCC/C=C/CCCCCCCCCCCCCCC. The van der Waals surface area contributed by atoms with E-state index in [1.807, 2.05) is 0 Å². The lowest BCUT2D eigenvalue weighted by Gasteiger charge is -2.13. The first-order valence-corrected chi connectivity index (χ1v) is 28.5.